The summed E-state index contributed by atoms with van der Waals surface area (Å²) in [5, 5.41) is 8.51. The van der Waals surface area contributed by atoms with Crippen LogP contribution in [-0.2, 0) is 0 Å². The lowest BCUT2D eigenvalue weighted by Crippen LogP contribution is -2.12. The summed E-state index contributed by atoms with van der Waals surface area (Å²) >= 11 is 1.72. The van der Waals surface area contributed by atoms with E-state index in [-0.39, 0.29) is 0 Å². The van der Waals surface area contributed by atoms with Crippen molar-refractivity contribution in [3.8, 4) is 22.1 Å². The second kappa shape index (κ2) is 10.6. The van der Waals surface area contributed by atoms with Gasteiger partial charge in [0.25, 0.3) is 0 Å². The van der Waals surface area contributed by atoms with E-state index in [0.717, 1.165) is 63.2 Å². The third-order valence-electron chi connectivity index (χ3n) is 6.34. The molecule has 188 valence electrons. The number of aromatic amines is 2. The van der Waals surface area contributed by atoms with Crippen LogP contribution >= 0.6 is 11.3 Å². The number of fused-ring (bicyclic) bond motifs is 2. The Morgan fingerprint density at radius 3 is 2.78 bits per heavy atom. The summed E-state index contributed by atoms with van der Waals surface area (Å²) in [6.07, 6.45) is 12.0. The summed E-state index contributed by atoms with van der Waals surface area (Å²) in [4.78, 5) is 22.2. The minimum absolute atomic E-state index is 0.654. The highest BCUT2D eigenvalue weighted by molar-refractivity contribution is 7.15. The standard InChI is InChI=1S/C29H31N7S/c1-6-19(9-8-14-36(4)5)15-20(7-2)21-16-22-25(34-35-28(22)31-17-21)29-32-23-12-13-30-27(26(23)33-29)24-11-10-18(3)37-24/h6-7,10-13,15-17H,1,8-9,14H2,2-5H3,(H,32,33)(H,31,34,35)/b19-15+,20-7+. The number of aryl methyl sites for hydroxylation is 1. The van der Waals surface area contributed by atoms with Gasteiger partial charge in [-0.1, -0.05) is 24.8 Å². The average Bonchev–Trinajstić information content (AvgIpc) is 3.62. The Bertz CT molecular complexity index is 1630. The molecule has 7 nitrogen and oxygen atoms in total. The predicted molar refractivity (Wildman–Crippen MR) is 155 cm³/mol. The van der Waals surface area contributed by atoms with Crippen molar-refractivity contribution in [1.29, 1.82) is 0 Å². The number of hydrogen-bond acceptors (Lipinski definition) is 6. The number of H-pyrrole nitrogens is 2. The first-order chi connectivity index (χ1) is 18.0. The molecule has 8 heteroatoms. The van der Waals surface area contributed by atoms with E-state index in [1.54, 1.807) is 11.3 Å². The van der Waals surface area contributed by atoms with Crippen molar-refractivity contribution in [3.05, 3.63) is 77.5 Å². The van der Waals surface area contributed by atoms with Crippen molar-refractivity contribution in [2.45, 2.75) is 26.7 Å². The lowest BCUT2D eigenvalue weighted by Gasteiger charge is -2.10. The predicted octanol–water partition coefficient (Wildman–Crippen LogP) is 6.79. The molecule has 0 fully saturated rings. The van der Waals surface area contributed by atoms with Gasteiger partial charge in [0.15, 0.2) is 11.5 Å². The molecule has 2 N–H and O–H groups in total. The van der Waals surface area contributed by atoms with E-state index in [1.165, 1.54) is 10.5 Å². The first kappa shape index (κ1) is 24.8. The number of allylic oxidation sites excluding steroid dienone is 5. The van der Waals surface area contributed by atoms with Crippen molar-refractivity contribution >= 4 is 39.0 Å². The van der Waals surface area contributed by atoms with Crippen LogP contribution in [0.2, 0.25) is 0 Å². The Hall–Kier alpha value is -3.88. The van der Waals surface area contributed by atoms with Crippen LogP contribution in [0.3, 0.4) is 0 Å². The second-order valence-electron chi connectivity index (χ2n) is 9.32. The van der Waals surface area contributed by atoms with Gasteiger partial charge in [0, 0.05) is 22.8 Å². The fraction of sp³-hybridized carbons (Fsp3) is 0.241. The summed E-state index contributed by atoms with van der Waals surface area (Å²) in [7, 11) is 4.20. The number of hydrogen-bond donors (Lipinski definition) is 2. The minimum Gasteiger partial charge on any atom is -0.337 e. The van der Waals surface area contributed by atoms with Gasteiger partial charge >= 0.3 is 0 Å². The molecule has 0 saturated heterocycles. The molecular formula is C29H31N7S. The van der Waals surface area contributed by atoms with Gasteiger partial charge in [-0.2, -0.15) is 5.10 Å². The van der Waals surface area contributed by atoms with E-state index in [9.17, 15) is 0 Å². The van der Waals surface area contributed by atoms with Gasteiger partial charge in [-0.05, 0) is 82.7 Å². The molecule has 0 spiro atoms. The molecule has 5 aromatic heterocycles. The van der Waals surface area contributed by atoms with E-state index >= 15 is 0 Å². The number of aromatic nitrogens is 6. The van der Waals surface area contributed by atoms with Gasteiger partial charge in [0.1, 0.15) is 16.9 Å². The van der Waals surface area contributed by atoms with Crippen molar-refractivity contribution < 1.29 is 0 Å². The second-order valence-corrected chi connectivity index (χ2v) is 10.6. The monoisotopic (exact) mass is 509 g/mol. The SMILES string of the molecule is C=C/C(=C\C(=C/C)c1cnc2n[nH]c(-c3nc4c(-c5ccc(C)s5)nccc4[nH]3)c2c1)CCCN(C)C. The summed E-state index contributed by atoms with van der Waals surface area (Å²) < 4.78 is 0. The van der Waals surface area contributed by atoms with E-state index in [0.29, 0.717) is 11.5 Å². The summed E-state index contributed by atoms with van der Waals surface area (Å²) in [5.41, 5.74) is 7.46. The Labute approximate surface area is 220 Å². The van der Waals surface area contributed by atoms with Crippen LogP contribution in [0.15, 0.2) is 67.0 Å². The van der Waals surface area contributed by atoms with Crippen LogP contribution in [-0.4, -0.2) is 55.7 Å². The molecule has 0 aliphatic carbocycles. The maximum Gasteiger partial charge on any atom is 0.181 e. The molecule has 0 amide bonds. The Morgan fingerprint density at radius 2 is 2.05 bits per heavy atom. The van der Waals surface area contributed by atoms with Crippen LogP contribution in [0.5, 0.6) is 0 Å². The molecule has 5 aromatic rings. The molecule has 0 bridgehead atoms. The highest BCUT2D eigenvalue weighted by atomic mass is 32.1. The zero-order chi connectivity index (χ0) is 25.9. The van der Waals surface area contributed by atoms with Crippen molar-refractivity contribution in [3.63, 3.8) is 0 Å². The zero-order valence-electron chi connectivity index (χ0n) is 21.7. The smallest absolute Gasteiger partial charge is 0.181 e. The van der Waals surface area contributed by atoms with Gasteiger partial charge in [0.05, 0.1) is 15.8 Å². The van der Waals surface area contributed by atoms with Gasteiger partial charge < -0.3 is 9.88 Å². The maximum absolute atomic E-state index is 4.94. The molecule has 0 unspecified atom stereocenters. The Morgan fingerprint density at radius 1 is 1.19 bits per heavy atom. The van der Waals surface area contributed by atoms with E-state index in [4.69, 9.17) is 4.98 Å². The summed E-state index contributed by atoms with van der Waals surface area (Å²) in [6.45, 7) is 9.22. The topological polar surface area (TPSA) is 86.4 Å². The molecule has 37 heavy (non-hydrogen) atoms. The lowest BCUT2D eigenvalue weighted by atomic mass is 10.0. The van der Waals surface area contributed by atoms with Gasteiger partial charge in [-0.3, -0.25) is 10.1 Å². The normalized spacial score (nSPS) is 12.8. The quantitative estimate of drug-likeness (QED) is 0.214. The number of thiophene rings is 1. The molecule has 0 saturated carbocycles. The molecule has 0 aliphatic heterocycles. The molecule has 0 aliphatic rings. The molecule has 5 heterocycles. The zero-order valence-corrected chi connectivity index (χ0v) is 22.5. The van der Waals surface area contributed by atoms with E-state index in [1.807, 2.05) is 31.5 Å². The van der Waals surface area contributed by atoms with Crippen molar-refractivity contribution in [2.75, 3.05) is 20.6 Å². The molecular weight excluding hydrogens is 478 g/mol. The van der Waals surface area contributed by atoms with E-state index < -0.39 is 0 Å². The molecule has 0 radical (unpaired) electrons. The third kappa shape index (κ3) is 5.16. The third-order valence-corrected chi connectivity index (χ3v) is 7.35. The first-order valence-corrected chi connectivity index (χ1v) is 13.2. The molecule has 0 aromatic carbocycles. The fourth-order valence-corrected chi connectivity index (χ4v) is 5.26. The molecule has 5 rings (SSSR count). The van der Waals surface area contributed by atoms with Crippen LogP contribution in [0.25, 0.3) is 49.7 Å². The Kier molecular flexibility index (Phi) is 7.12. The van der Waals surface area contributed by atoms with Crippen LogP contribution in [0, 0.1) is 6.92 Å². The maximum atomic E-state index is 4.94. The number of rotatable bonds is 9. The average molecular weight is 510 g/mol. The van der Waals surface area contributed by atoms with Crippen LogP contribution in [0.1, 0.15) is 30.2 Å². The van der Waals surface area contributed by atoms with Gasteiger partial charge in [-0.25, -0.2) is 9.97 Å². The first-order valence-electron chi connectivity index (χ1n) is 12.4. The number of pyridine rings is 2. The molecule has 0 atom stereocenters. The summed E-state index contributed by atoms with van der Waals surface area (Å²) in [6, 6.07) is 8.29. The minimum atomic E-state index is 0.654. The highest BCUT2D eigenvalue weighted by Crippen LogP contribution is 2.33. The fourth-order valence-electron chi connectivity index (χ4n) is 4.40. The van der Waals surface area contributed by atoms with Gasteiger partial charge in [-0.15, -0.1) is 11.3 Å². The van der Waals surface area contributed by atoms with Crippen molar-refractivity contribution in [2.24, 2.45) is 0 Å². The van der Waals surface area contributed by atoms with E-state index in [2.05, 4.69) is 88.0 Å². The van der Waals surface area contributed by atoms with Crippen LogP contribution in [0.4, 0.5) is 0 Å². The lowest BCUT2D eigenvalue weighted by molar-refractivity contribution is 0.400. The number of nitrogens with zero attached hydrogens (tertiary/aromatic N) is 5. The van der Waals surface area contributed by atoms with Crippen molar-refractivity contribution in [1.82, 2.24) is 35.0 Å². The largest absolute Gasteiger partial charge is 0.337 e. The van der Waals surface area contributed by atoms with Gasteiger partial charge in [0.2, 0.25) is 0 Å². The summed E-state index contributed by atoms with van der Waals surface area (Å²) in [5.74, 6) is 0.715. The van der Waals surface area contributed by atoms with Crippen LogP contribution < -0.4 is 0 Å². The number of nitrogens with one attached hydrogen (secondary N) is 2. The number of imidazole rings is 1. The highest BCUT2D eigenvalue weighted by Gasteiger charge is 2.17. The Balaban J connectivity index is 1.52.